The van der Waals surface area contributed by atoms with Crippen LogP contribution in [0, 0.1) is 0 Å². The lowest BCUT2D eigenvalue weighted by molar-refractivity contribution is 1.04. The number of anilines is 1. The summed E-state index contributed by atoms with van der Waals surface area (Å²) in [5.41, 5.74) is 4.22. The van der Waals surface area contributed by atoms with Crippen LogP contribution in [-0.4, -0.2) is 17.0 Å². The largest absolute Gasteiger partial charge is 0.331 e. The quantitative estimate of drug-likeness (QED) is 0.339. The van der Waals surface area contributed by atoms with E-state index in [1.165, 1.54) is 6.21 Å². The molecule has 18 heavy (non-hydrogen) atoms. The Kier molecular flexibility index (Phi) is 9.11. The predicted octanol–water partition coefficient (Wildman–Crippen LogP) is 2.32. The molecule has 0 heterocycles. The summed E-state index contributed by atoms with van der Waals surface area (Å²) in [5, 5.41) is 10.7. The smallest absolute Gasteiger partial charge is 0.191 e. The minimum atomic E-state index is 0.413. The summed E-state index contributed by atoms with van der Waals surface area (Å²) < 4.78 is 0. The molecule has 5 nitrogen and oxygen atoms in total. The molecule has 98 valence electrons. The summed E-state index contributed by atoms with van der Waals surface area (Å²) in [4.78, 5) is 0. The van der Waals surface area contributed by atoms with Crippen LogP contribution < -0.4 is 16.6 Å². The molecule has 0 aromatic heterocycles. The molecule has 4 N–H and O–H groups in total. The van der Waals surface area contributed by atoms with Gasteiger partial charge in [0.15, 0.2) is 5.11 Å². The number of rotatable bonds is 3. The highest BCUT2D eigenvalue weighted by Crippen LogP contribution is 2.03. The van der Waals surface area contributed by atoms with Gasteiger partial charge >= 0.3 is 0 Å². The zero-order valence-corrected chi connectivity index (χ0v) is 11.7. The molecule has 0 bridgehead atoms. The monoisotopic (exact) mass is 265 g/mol. The van der Waals surface area contributed by atoms with Gasteiger partial charge in [-0.1, -0.05) is 32.0 Å². The Morgan fingerprint density at radius 2 is 1.89 bits per heavy atom. The van der Waals surface area contributed by atoms with Crippen LogP contribution in [0.5, 0.6) is 0 Å². The van der Waals surface area contributed by atoms with E-state index < -0.39 is 0 Å². The molecular formula is C12H19N5S. The van der Waals surface area contributed by atoms with Gasteiger partial charge in [0.1, 0.15) is 0 Å². The molecule has 1 aromatic rings. The number of hydrogen-bond donors (Lipinski definition) is 3. The van der Waals surface area contributed by atoms with E-state index in [2.05, 4.69) is 20.9 Å². The number of thiocarbonyl (C=S) groups is 1. The highest BCUT2D eigenvalue weighted by Gasteiger charge is 1.94. The zero-order valence-electron chi connectivity index (χ0n) is 10.8. The molecule has 0 fully saturated rings. The van der Waals surface area contributed by atoms with Gasteiger partial charge in [-0.2, -0.15) is 10.2 Å². The lowest BCUT2D eigenvalue weighted by Gasteiger charge is -2.06. The third-order valence-corrected chi connectivity index (χ3v) is 1.82. The zero-order chi connectivity index (χ0) is 13.8. The van der Waals surface area contributed by atoms with E-state index >= 15 is 0 Å². The second-order valence-electron chi connectivity index (χ2n) is 2.96. The predicted molar refractivity (Wildman–Crippen MR) is 82.9 cm³/mol. The third-order valence-electron chi connectivity index (χ3n) is 1.63. The Balaban J connectivity index is 0.00000137. The van der Waals surface area contributed by atoms with Crippen LogP contribution in [0.3, 0.4) is 0 Å². The standard InChI is InChI=1S/C10H13N5S.C2H6/c1-8(7-12-11)14-15-10(16)13-9-5-3-2-4-6-9;1-2/h2-7H,11H2,1H3,(H2,13,15,16);1-2H3/b12-7+,14-8+;. The summed E-state index contributed by atoms with van der Waals surface area (Å²) in [6.07, 6.45) is 1.43. The molecule has 0 unspecified atom stereocenters. The highest BCUT2D eigenvalue weighted by atomic mass is 32.1. The van der Waals surface area contributed by atoms with Crippen LogP contribution in [0.15, 0.2) is 40.5 Å². The van der Waals surface area contributed by atoms with Gasteiger partial charge < -0.3 is 11.2 Å². The lowest BCUT2D eigenvalue weighted by atomic mass is 10.3. The summed E-state index contributed by atoms with van der Waals surface area (Å²) >= 11 is 5.03. The van der Waals surface area contributed by atoms with Gasteiger partial charge in [-0.25, -0.2) is 0 Å². The fraction of sp³-hybridized carbons (Fsp3) is 0.250. The van der Waals surface area contributed by atoms with Crippen LogP contribution in [0.2, 0.25) is 0 Å². The number of nitrogens with two attached hydrogens (primary N) is 1. The average molecular weight is 265 g/mol. The van der Waals surface area contributed by atoms with Crippen LogP contribution in [0.1, 0.15) is 20.8 Å². The fourth-order valence-electron chi connectivity index (χ4n) is 0.956. The van der Waals surface area contributed by atoms with Crippen LogP contribution in [-0.2, 0) is 0 Å². The molecule has 0 amide bonds. The van der Waals surface area contributed by atoms with Crippen molar-refractivity contribution < 1.29 is 0 Å². The van der Waals surface area contributed by atoms with Gasteiger partial charge in [-0.3, -0.25) is 5.43 Å². The Labute approximate surface area is 113 Å². The molecule has 0 aliphatic carbocycles. The molecular weight excluding hydrogens is 246 g/mol. The van der Waals surface area contributed by atoms with Crippen molar-refractivity contribution in [1.82, 2.24) is 5.43 Å². The number of para-hydroxylation sites is 1. The van der Waals surface area contributed by atoms with Gasteiger partial charge in [0, 0.05) is 5.69 Å². The molecule has 1 rings (SSSR count). The molecule has 6 heteroatoms. The fourth-order valence-corrected chi connectivity index (χ4v) is 1.12. The molecule has 0 radical (unpaired) electrons. The minimum Gasteiger partial charge on any atom is -0.331 e. The molecule has 0 saturated carbocycles. The maximum atomic E-state index is 5.03. The van der Waals surface area contributed by atoms with E-state index in [0.717, 1.165) is 5.69 Å². The van der Waals surface area contributed by atoms with E-state index in [4.69, 9.17) is 18.1 Å². The second kappa shape index (κ2) is 10.2. The van der Waals surface area contributed by atoms with E-state index in [-0.39, 0.29) is 0 Å². The number of nitrogens with one attached hydrogen (secondary N) is 2. The summed E-state index contributed by atoms with van der Waals surface area (Å²) in [7, 11) is 0. The Morgan fingerprint density at radius 3 is 2.44 bits per heavy atom. The van der Waals surface area contributed by atoms with Crippen molar-refractivity contribution in [2.75, 3.05) is 5.32 Å². The molecule has 0 spiro atoms. The van der Waals surface area contributed by atoms with Gasteiger partial charge in [0.25, 0.3) is 0 Å². The average Bonchev–Trinajstić information content (AvgIpc) is 2.40. The molecule has 0 aliphatic heterocycles. The SMILES string of the molecule is CC.CC(/C=N/N)=N\NC(=S)Nc1ccccc1. The Bertz CT molecular complexity index is 400. The van der Waals surface area contributed by atoms with Gasteiger partial charge in [0.05, 0.1) is 11.9 Å². The normalized spacial score (nSPS) is 10.5. The molecule has 0 aliphatic rings. The van der Waals surface area contributed by atoms with E-state index in [1.807, 2.05) is 44.2 Å². The van der Waals surface area contributed by atoms with Crippen molar-refractivity contribution in [1.29, 1.82) is 0 Å². The van der Waals surface area contributed by atoms with Gasteiger partial charge in [-0.15, -0.1) is 0 Å². The topological polar surface area (TPSA) is 74.8 Å². The van der Waals surface area contributed by atoms with Crippen molar-refractivity contribution in [3.05, 3.63) is 30.3 Å². The number of nitrogens with zero attached hydrogens (tertiary/aromatic N) is 2. The van der Waals surface area contributed by atoms with Gasteiger partial charge in [0.2, 0.25) is 0 Å². The first-order chi connectivity index (χ1) is 8.72. The Morgan fingerprint density at radius 1 is 1.28 bits per heavy atom. The van der Waals surface area contributed by atoms with E-state index in [1.54, 1.807) is 6.92 Å². The highest BCUT2D eigenvalue weighted by molar-refractivity contribution is 7.80. The van der Waals surface area contributed by atoms with Crippen LogP contribution in [0.25, 0.3) is 0 Å². The number of benzene rings is 1. The first-order valence-corrected chi connectivity index (χ1v) is 6.03. The van der Waals surface area contributed by atoms with Crippen molar-refractivity contribution >= 4 is 34.9 Å². The van der Waals surface area contributed by atoms with Crippen molar-refractivity contribution in [3.63, 3.8) is 0 Å². The first kappa shape index (κ1) is 16.1. The number of hydrogen-bond acceptors (Lipinski definition) is 4. The summed E-state index contributed by atoms with van der Waals surface area (Å²) in [6.45, 7) is 5.76. The first-order valence-electron chi connectivity index (χ1n) is 5.62. The Hall–Kier alpha value is -1.95. The van der Waals surface area contributed by atoms with E-state index in [9.17, 15) is 0 Å². The number of hydrazone groups is 2. The minimum absolute atomic E-state index is 0.413. The maximum absolute atomic E-state index is 5.03. The third kappa shape index (κ3) is 7.34. The van der Waals surface area contributed by atoms with Crippen molar-refractivity contribution in [2.24, 2.45) is 16.0 Å². The molecule has 0 atom stereocenters. The second-order valence-corrected chi connectivity index (χ2v) is 3.37. The summed E-state index contributed by atoms with van der Waals surface area (Å²) in [5.74, 6) is 4.97. The van der Waals surface area contributed by atoms with Crippen LogP contribution >= 0.6 is 12.2 Å². The lowest BCUT2D eigenvalue weighted by Crippen LogP contribution is -2.25. The molecule has 1 aromatic carbocycles. The van der Waals surface area contributed by atoms with Crippen molar-refractivity contribution in [3.8, 4) is 0 Å². The van der Waals surface area contributed by atoms with Crippen molar-refractivity contribution in [2.45, 2.75) is 20.8 Å². The van der Waals surface area contributed by atoms with Crippen LogP contribution in [0.4, 0.5) is 5.69 Å². The maximum Gasteiger partial charge on any atom is 0.191 e. The van der Waals surface area contributed by atoms with E-state index in [0.29, 0.717) is 10.8 Å². The van der Waals surface area contributed by atoms with Gasteiger partial charge in [-0.05, 0) is 31.3 Å². The molecule has 0 saturated heterocycles. The summed E-state index contributed by atoms with van der Waals surface area (Å²) in [6, 6.07) is 9.58.